The van der Waals surface area contributed by atoms with Crippen LogP contribution in [0.1, 0.15) is 13.8 Å². The second-order valence-corrected chi connectivity index (χ2v) is 8.65. The highest BCUT2D eigenvalue weighted by Crippen LogP contribution is 2.57. The van der Waals surface area contributed by atoms with Gasteiger partial charge in [0.25, 0.3) is 0 Å². The lowest BCUT2D eigenvalue weighted by Gasteiger charge is -2.39. The lowest BCUT2D eigenvalue weighted by Crippen LogP contribution is -2.55. The van der Waals surface area contributed by atoms with Gasteiger partial charge in [-0.2, -0.15) is 0 Å². The third-order valence-corrected chi connectivity index (χ3v) is 6.34. The maximum absolute atomic E-state index is 10.9. The van der Waals surface area contributed by atoms with Crippen LogP contribution in [0, 0.1) is 0 Å². The van der Waals surface area contributed by atoms with Gasteiger partial charge in [-0.1, -0.05) is 0 Å². The van der Waals surface area contributed by atoms with Crippen LogP contribution in [0.5, 0.6) is 0 Å². The molecular weight excluding hydrogens is 331 g/mol. The highest BCUT2D eigenvalue weighted by Gasteiger charge is 2.60. The molecule has 0 radical (unpaired) electrons. The molecule has 124 valence electrons. The summed E-state index contributed by atoms with van der Waals surface area (Å²) in [5.74, 6) is 0. The number of rotatable bonds is 2. The first-order valence-electron chi connectivity index (χ1n) is 6.81. The molecule has 3 aliphatic rings. The fourth-order valence-electron chi connectivity index (χ4n) is 2.76. The highest BCUT2D eigenvalue weighted by atomic mass is 32.5. The number of ether oxygens (including phenoxy) is 1. The number of hydrogen-bond donors (Lipinski definition) is 2. The Morgan fingerprint density at radius 1 is 1.59 bits per heavy atom. The summed E-state index contributed by atoms with van der Waals surface area (Å²) in [6.45, 7) is 0.648. The van der Waals surface area contributed by atoms with Crippen molar-refractivity contribution < 1.29 is 28.5 Å². The normalized spacial score (nSPS) is 48.2. The SMILES string of the molecule is COP1(=S)OCC2OC(N3C=CC(C)=NC3O)C(C)(O)C2O1. The molecule has 0 amide bonds. The maximum atomic E-state index is 10.9. The summed E-state index contributed by atoms with van der Waals surface area (Å²) in [5, 5.41) is 21.0. The number of aliphatic hydroxyl groups is 2. The van der Waals surface area contributed by atoms with E-state index in [4.69, 9.17) is 30.1 Å². The summed E-state index contributed by atoms with van der Waals surface area (Å²) in [6, 6.07) is 0. The van der Waals surface area contributed by atoms with Gasteiger partial charge in [-0.15, -0.1) is 0 Å². The summed E-state index contributed by atoms with van der Waals surface area (Å²) in [5.41, 5.74) is -0.725. The lowest BCUT2D eigenvalue weighted by molar-refractivity contribution is -0.156. The van der Waals surface area contributed by atoms with Crippen molar-refractivity contribution in [3.63, 3.8) is 0 Å². The first kappa shape index (κ1) is 16.5. The molecular formula is C12H19N2O6PS. The molecule has 3 rings (SSSR count). The average Bonchev–Trinajstić information content (AvgIpc) is 2.71. The van der Waals surface area contributed by atoms with Crippen LogP contribution in [0.2, 0.25) is 0 Å². The van der Waals surface area contributed by atoms with Crippen molar-refractivity contribution in [2.75, 3.05) is 13.7 Å². The zero-order chi connectivity index (χ0) is 16.1. The van der Waals surface area contributed by atoms with E-state index in [1.54, 1.807) is 26.1 Å². The van der Waals surface area contributed by atoms with Crippen molar-refractivity contribution in [3.05, 3.63) is 12.3 Å². The Bertz CT molecular complexity index is 568. The van der Waals surface area contributed by atoms with Crippen LogP contribution in [0.25, 0.3) is 0 Å². The van der Waals surface area contributed by atoms with Crippen molar-refractivity contribution in [1.29, 1.82) is 0 Å². The van der Waals surface area contributed by atoms with E-state index in [9.17, 15) is 10.2 Å². The molecule has 2 fully saturated rings. The van der Waals surface area contributed by atoms with E-state index in [1.807, 2.05) is 0 Å². The van der Waals surface area contributed by atoms with Crippen molar-refractivity contribution in [2.45, 2.75) is 44.2 Å². The highest BCUT2D eigenvalue weighted by molar-refractivity contribution is 8.07. The summed E-state index contributed by atoms with van der Waals surface area (Å²) in [4.78, 5) is 5.48. The summed E-state index contributed by atoms with van der Waals surface area (Å²) < 4.78 is 22.0. The van der Waals surface area contributed by atoms with Gasteiger partial charge < -0.3 is 28.9 Å². The zero-order valence-corrected chi connectivity index (χ0v) is 14.2. The van der Waals surface area contributed by atoms with E-state index in [2.05, 4.69) is 4.99 Å². The molecule has 0 saturated carbocycles. The number of aliphatic hydroxyl groups excluding tert-OH is 1. The number of aliphatic imine (C=N–C) groups is 1. The third kappa shape index (κ3) is 2.65. The molecule has 0 spiro atoms. The fraction of sp³-hybridized carbons (Fsp3) is 0.750. The first-order valence-corrected chi connectivity index (χ1v) is 9.37. The van der Waals surface area contributed by atoms with Crippen LogP contribution >= 0.6 is 6.72 Å². The van der Waals surface area contributed by atoms with Gasteiger partial charge in [0.05, 0.1) is 6.61 Å². The van der Waals surface area contributed by atoms with Crippen LogP contribution in [0.4, 0.5) is 0 Å². The van der Waals surface area contributed by atoms with Crippen LogP contribution in [-0.4, -0.2) is 64.9 Å². The largest absolute Gasteiger partial charge is 0.383 e. The Labute approximate surface area is 133 Å². The Morgan fingerprint density at radius 2 is 2.32 bits per heavy atom. The Hall–Kier alpha value is -0.380. The minimum atomic E-state index is -2.87. The Morgan fingerprint density at radius 3 is 2.95 bits per heavy atom. The van der Waals surface area contributed by atoms with E-state index in [0.29, 0.717) is 5.71 Å². The molecule has 2 N–H and O–H groups in total. The molecule has 0 aromatic rings. The number of nitrogens with zero attached hydrogens (tertiary/aromatic N) is 2. The second-order valence-electron chi connectivity index (χ2n) is 5.58. The number of hydrogen-bond acceptors (Lipinski definition) is 9. The molecule has 0 aliphatic carbocycles. The van der Waals surface area contributed by atoms with Crippen LogP contribution in [0.3, 0.4) is 0 Å². The van der Waals surface area contributed by atoms with Crippen LogP contribution in [-0.2, 0) is 30.1 Å². The quantitative estimate of drug-likeness (QED) is 0.688. The Balaban J connectivity index is 1.84. The maximum Gasteiger partial charge on any atom is 0.327 e. The van der Waals surface area contributed by atoms with Crippen molar-refractivity contribution in [3.8, 4) is 0 Å². The van der Waals surface area contributed by atoms with E-state index < -0.39 is 37.1 Å². The minimum absolute atomic E-state index is 0.165. The van der Waals surface area contributed by atoms with E-state index >= 15 is 0 Å². The predicted molar refractivity (Wildman–Crippen MR) is 81.5 cm³/mol. The summed E-state index contributed by atoms with van der Waals surface area (Å²) >= 11 is 5.19. The molecule has 3 aliphatic heterocycles. The van der Waals surface area contributed by atoms with Gasteiger partial charge in [0.2, 0.25) is 6.35 Å². The van der Waals surface area contributed by atoms with Gasteiger partial charge in [-0.25, -0.2) is 4.99 Å². The van der Waals surface area contributed by atoms with Crippen LogP contribution in [0.15, 0.2) is 17.3 Å². The van der Waals surface area contributed by atoms with Gasteiger partial charge in [0, 0.05) is 19.0 Å². The van der Waals surface area contributed by atoms with E-state index in [-0.39, 0.29) is 6.61 Å². The van der Waals surface area contributed by atoms with Gasteiger partial charge >= 0.3 is 6.72 Å². The standard InChI is InChI=1S/C12H19N2O6PS/c1-7-4-5-14(11(15)13-7)10-12(2,16)9-8(19-10)6-18-21(22,17-3)20-9/h4-5,8-11,15-16H,6H2,1-3H3. The molecule has 8 nitrogen and oxygen atoms in total. The zero-order valence-electron chi connectivity index (χ0n) is 12.4. The molecule has 0 aromatic heterocycles. The predicted octanol–water partition coefficient (Wildman–Crippen LogP) is 0.315. The van der Waals surface area contributed by atoms with Gasteiger partial charge in [0.1, 0.15) is 17.8 Å². The summed E-state index contributed by atoms with van der Waals surface area (Å²) in [6.07, 6.45) is 0.186. The Kier molecular flexibility index (Phi) is 4.20. The fourth-order valence-corrected chi connectivity index (χ4v) is 4.43. The molecule has 0 bridgehead atoms. The molecule has 0 aromatic carbocycles. The molecule has 22 heavy (non-hydrogen) atoms. The van der Waals surface area contributed by atoms with Gasteiger partial charge in [0.15, 0.2) is 6.23 Å². The van der Waals surface area contributed by atoms with Gasteiger partial charge in [-0.05, 0) is 31.7 Å². The first-order chi connectivity index (χ1) is 10.3. The number of allylic oxidation sites excluding steroid dienone is 1. The summed E-state index contributed by atoms with van der Waals surface area (Å²) in [7, 11) is 1.41. The van der Waals surface area contributed by atoms with Crippen molar-refractivity contribution in [1.82, 2.24) is 4.90 Å². The molecule has 6 atom stereocenters. The third-order valence-electron chi connectivity index (χ3n) is 3.92. The molecule has 2 saturated heterocycles. The molecule has 3 heterocycles. The van der Waals surface area contributed by atoms with Crippen LogP contribution < -0.4 is 0 Å². The van der Waals surface area contributed by atoms with E-state index in [0.717, 1.165) is 0 Å². The van der Waals surface area contributed by atoms with Crippen molar-refractivity contribution >= 4 is 24.2 Å². The van der Waals surface area contributed by atoms with Gasteiger partial charge in [-0.3, -0.25) is 4.52 Å². The smallest absolute Gasteiger partial charge is 0.327 e. The molecule has 6 unspecified atom stereocenters. The monoisotopic (exact) mass is 350 g/mol. The topological polar surface area (TPSA) is 93.0 Å². The molecule has 10 heteroatoms. The number of fused-ring (bicyclic) bond motifs is 1. The minimum Gasteiger partial charge on any atom is -0.383 e. The second kappa shape index (κ2) is 5.61. The van der Waals surface area contributed by atoms with Crippen molar-refractivity contribution in [2.24, 2.45) is 4.99 Å². The lowest BCUT2D eigenvalue weighted by atomic mass is 9.96. The average molecular weight is 350 g/mol. The van der Waals surface area contributed by atoms with E-state index in [1.165, 1.54) is 12.0 Å².